The van der Waals surface area contributed by atoms with Crippen LogP contribution in [0, 0.1) is 20.8 Å². The maximum Gasteiger partial charge on any atom is 0.0670 e. The number of hydrogen-bond donors (Lipinski definition) is 2. The molecule has 0 saturated carbocycles. The predicted octanol–water partition coefficient (Wildman–Crippen LogP) is 4.66. The van der Waals surface area contributed by atoms with Gasteiger partial charge in [-0.25, -0.2) is 0 Å². The van der Waals surface area contributed by atoms with Gasteiger partial charge >= 0.3 is 0 Å². The molecule has 1 aromatic heterocycles. The molecule has 0 aliphatic carbocycles. The lowest BCUT2D eigenvalue weighted by Crippen LogP contribution is -2.09. The molecule has 0 spiro atoms. The Morgan fingerprint density at radius 1 is 1.00 bits per heavy atom. The summed E-state index contributed by atoms with van der Waals surface area (Å²) in [5.74, 6) is 0. The summed E-state index contributed by atoms with van der Waals surface area (Å²) >= 11 is 0. The van der Waals surface area contributed by atoms with Crippen LogP contribution in [-0.4, -0.2) is 10.2 Å². The number of hydrogen-bond acceptors (Lipinski definition) is 2. The standard InChI is InChI=1S/C18H21N3/c1-11-7-13(3)17(8-12(11)2)14(4)20-16-6-5-15-10-19-21-18(15)9-16/h5-10,14,20H,1-4H3,(H,19,21). The summed E-state index contributed by atoms with van der Waals surface area (Å²) in [6, 6.07) is 11.1. The highest BCUT2D eigenvalue weighted by atomic mass is 15.1. The van der Waals surface area contributed by atoms with Gasteiger partial charge in [0.05, 0.1) is 11.7 Å². The molecule has 1 unspecified atom stereocenters. The highest BCUT2D eigenvalue weighted by molar-refractivity contribution is 5.81. The topological polar surface area (TPSA) is 40.7 Å². The Morgan fingerprint density at radius 3 is 2.57 bits per heavy atom. The van der Waals surface area contributed by atoms with Crippen LogP contribution in [0.5, 0.6) is 0 Å². The van der Waals surface area contributed by atoms with E-state index in [0.717, 1.165) is 16.6 Å². The van der Waals surface area contributed by atoms with Crippen molar-refractivity contribution in [2.45, 2.75) is 33.7 Å². The van der Waals surface area contributed by atoms with E-state index in [1.165, 1.54) is 22.3 Å². The zero-order chi connectivity index (χ0) is 15.0. The van der Waals surface area contributed by atoms with E-state index < -0.39 is 0 Å². The lowest BCUT2D eigenvalue weighted by atomic mass is 9.96. The van der Waals surface area contributed by atoms with Gasteiger partial charge in [0.25, 0.3) is 0 Å². The maximum absolute atomic E-state index is 4.06. The molecule has 21 heavy (non-hydrogen) atoms. The van der Waals surface area contributed by atoms with Gasteiger partial charge in [0, 0.05) is 17.1 Å². The van der Waals surface area contributed by atoms with E-state index >= 15 is 0 Å². The SMILES string of the molecule is Cc1cc(C)c(C(C)Nc2ccc3cn[nH]c3c2)cc1C. The van der Waals surface area contributed by atoms with Crippen LogP contribution in [0.1, 0.15) is 35.2 Å². The highest BCUT2D eigenvalue weighted by Crippen LogP contribution is 2.26. The molecule has 2 N–H and O–H groups in total. The van der Waals surface area contributed by atoms with Crippen molar-refractivity contribution in [1.82, 2.24) is 10.2 Å². The zero-order valence-corrected chi connectivity index (χ0v) is 13.0. The molecule has 3 aromatic rings. The number of rotatable bonds is 3. The molecule has 0 bridgehead atoms. The first-order valence-electron chi connectivity index (χ1n) is 7.32. The molecule has 0 aliphatic heterocycles. The first-order chi connectivity index (χ1) is 10.0. The summed E-state index contributed by atoms with van der Waals surface area (Å²) in [6.07, 6.45) is 1.84. The smallest absolute Gasteiger partial charge is 0.0670 e. The lowest BCUT2D eigenvalue weighted by molar-refractivity contribution is 0.871. The van der Waals surface area contributed by atoms with E-state index in [9.17, 15) is 0 Å². The summed E-state index contributed by atoms with van der Waals surface area (Å²) in [6.45, 7) is 8.71. The van der Waals surface area contributed by atoms with Gasteiger partial charge in [-0.05, 0) is 68.1 Å². The Balaban J connectivity index is 1.88. The van der Waals surface area contributed by atoms with Crippen LogP contribution in [0.4, 0.5) is 5.69 Å². The minimum atomic E-state index is 0.268. The minimum Gasteiger partial charge on any atom is -0.378 e. The third-order valence-electron chi connectivity index (χ3n) is 4.17. The van der Waals surface area contributed by atoms with Gasteiger partial charge in [-0.15, -0.1) is 0 Å². The molecule has 0 radical (unpaired) electrons. The number of nitrogens with one attached hydrogen (secondary N) is 2. The first kappa shape index (κ1) is 13.7. The van der Waals surface area contributed by atoms with Crippen LogP contribution in [-0.2, 0) is 0 Å². The van der Waals surface area contributed by atoms with Gasteiger partial charge in [0.15, 0.2) is 0 Å². The Labute approximate surface area is 125 Å². The number of anilines is 1. The third kappa shape index (κ3) is 2.64. The van der Waals surface area contributed by atoms with Crippen molar-refractivity contribution in [2.24, 2.45) is 0 Å². The summed E-state index contributed by atoms with van der Waals surface area (Å²) in [5.41, 5.74) is 7.54. The third-order valence-corrected chi connectivity index (χ3v) is 4.17. The molecule has 0 aliphatic rings. The highest BCUT2D eigenvalue weighted by Gasteiger charge is 2.10. The van der Waals surface area contributed by atoms with Crippen molar-refractivity contribution in [3.05, 3.63) is 58.8 Å². The molecule has 0 fully saturated rings. The van der Waals surface area contributed by atoms with Gasteiger partial charge < -0.3 is 5.32 Å². The minimum absolute atomic E-state index is 0.268. The average Bonchev–Trinajstić information content (AvgIpc) is 2.90. The molecular formula is C18H21N3. The van der Waals surface area contributed by atoms with Crippen LogP contribution in [0.25, 0.3) is 10.9 Å². The number of nitrogens with zero attached hydrogens (tertiary/aromatic N) is 1. The molecule has 3 rings (SSSR count). The molecule has 3 nitrogen and oxygen atoms in total. The largest absolute Gasteiger partial charge is 0.378 e. The number of aromatic amines is 1. The van der Waals surface area contributed by atoms with Gasteiger partial charge in [-0.1, -0.05) is 12.1 Å². The van der Waals surface area contributed by atoms with Gasteiger partial charge in [0.2, 0.25) is 0 Å². The van der Waals surface area contributed by atoms with Gasteiger partial charge in [-0.3, -0.25) is 5.10 Å². The van der Waals surface area contributed by atoms with E-state index in [-0.39, 0.29) is 6.04 Å². The molecule has 3 heteroatoms. The van der Waals surface area contributed by atoms with Crippen molar-refractivity contribution >= 4 is 16.6 Å². The Bertz CT molecular complexity index is 786. The second-order valence-electron chi connectivity index (χ2n) is 5.83. The molecule has 0 amide bonds. The number of aromatic nitrogens is 2. The number of fused-ring (bicyclic) bond motifs is 1. The molecule has 1 heterocycles. The van der Waals surface area contributed by atoms with E-state index in [4.69, 9.17) is 0 Å². The number of H-pyrrole nitrogens is 1. The average molecular weight is 279 g/mol. The second-order valence-corrected chi connectivity index (χ2v) is 5.83. The fourth-order valence-corrected chi connectivity index (χ4v) is 2.80. The van der Waals surface area contributed by atoms with Crippen LogP contribution in [0.15, 0.2) is 36.5 Å². The second kappa shape index (κ2) is 5.24. The monoisotopic (exact) mass is 279 g/mol. The predicted molar refractivity (Wildman–Crippen MR) is 88.8 cm³/mol. The summed E-state index contributed by atoms with van der Waals surface area (Å²) in [5, 5.41) is 11.8. The lowest BCUT2D eigenvalue weighted by Gasteiger charge is -2.19. The normalized spacial score (nSPS) is 12.6. The van der Waals surface area contributed by atoms with Gasteiger partial charge in [0.1, 0.15) is 0 Å². The number of aryl methyl sites for hydroxylation is 3. The maximum atomic E-state index is 4.06. The molecule has 1 atom stereocenters. The van der Waals surface area contributed by atoms with Crippen LogP contribution in [0.2, 0.25) is 0 Å². The van der Waals surface area contributed by atoms with E-state index in [1.807, 2.05) is 6.20 Å². The number of benzene rings is 2. The molecule has 108 valence electrons. The van der Waals surface area contributed by atoms with Crippen molar-refractivity contribution in [3.8, 4) is 0 Å². The molecular weight excluding hydrogens is 258 g/mol. The Kier molecular flexibility index (Phi) is 3.42. The first-order valence-corrected chi connectivity index (χ1v) is 7.32. The Hall–Kier alpha value is -2.29. The van der Waals surface area contributed by atoms with Crippen molar-refractivity contribution in [2.75, 3.05) is 5.32 Å². The van der Waals surface area contributed by atoms with Crippen LogP contribution >= 0.6 is 0 Å². The van der Waals surface area contributed by atoms with Gasteiger partial charge in [-0.2, -0.15) is 5.10 Å². The van der Waals surface area contributed by atoms with Crippen LogP contribution in [0.3, 0.4) is 0 Å². The molecule has 0 saturated heterocycles. The van der Waals surface area contributed by atoms with Crippen molar-refractivity contribution in [3.63, 3.8) is 0 Å². The molecule has 2 aromatic carbocycles. The van der Waals surface area contributed by atoms with Crippen molar-refractivity contribution in [1.29, 1.82) is 0 Å². The van der Waals surface area contributed by atoms with E-state index in [0.29, 0.717) is 0 Å². The van der Waals surface area contributed by atoms with E-state index in [2.05, 4.69) is 73.5 Å². The zero-order valence-electron chi connectivity index (χ0n) is 13.0. The Morgan fingerprint density at radius 2 is 1.76 bits per heavy atom. The quantitative estimate of drug-likeness (QED) is 0.732. The van der Waals surface area contributed by atoms with E-state index in [1.54, 1.807) is 0 Å². The fraction of sp³-hybridized carbons (Fsp3) is 0.278. The summed E-state index contributed by atoms with van der Waals surface area (Å²) in [7, 11) is 0. The summed E-state index contributed by atoms with van der Waals surface area (Å²) in [4.78, 5) is 0. The fourth-order valence-electron chi connectivity index (χ4n) is 2.80. The van der Waals surface area contributed by atoms with Crippen LogP contribution < -0.4 is 5.32 Å². The van der Waals surface area contributed by atoms with Crippen molar-refractivity contribution < 1.29 is 0 Å². The summed E-state index contributed by atoms with van der Waals surface area (Å²) < 4.78 is 0.